The monoisotopic (exact) mass is 421 g/mol. The van der Waals surface area contributed by atoms with Gasteiger partial charge in [-0.2, -0.15) is 0 Å². The Bertz CT molecular complexity index is 998. The van der Waals surface area contributed by atoms with E-state index < -0.39 is 27.9 Å². The third kappa shape index (κ3) is 4.93. The van der Waals surface area contributed by atoms with E-state index in [9.17, 15) is 18.0 Å². The molecule has 156 valence electrons. The maximum absolute atomic E-state index is 12.5. The number of ether oxygens (including phenoxy) is 3. The Morgan fingerprint density at radius 2 is 1.52 bits per heavy atom. The molecule has 0 aliphatic carbocycles. The van der Waals surface area contributed by atoms with Crippen LogP contribution in [0, 0.1) is 0 Å². The van der Waals surface area contributed by atoms with Crippen LogP contribution in [-0.4, -0.2) is 58.9 Å². The molecule has 0 aliphatic heterocycles. The van der Waals surface area contributed by atoms with Crippen LogP contribution < -0.4 is 9.47 Å². The van der Waals surface area contributed by atoms with Gasteiger partial charge in [0, 0.05) is 19.7 Å². The van der Waals surface area contributed by atoms with E-state index in [-0.39, 0.29) is 16.2 Å². The first-order valence-corrected chi connectivity index (χ1v) is 10.1. The zero-order chi connectivity index (χ0) is 21.8. The minimum Gasteiger partial charge on any atom is -0.497 e. The molecule has 9 heteroatoms. The van der Waals surface area contributed by atoms with Crippen molar-refractivity contribution in [3.63, 3.8) is 0 Å². The highest BCUT2D eigenvalue weighted by molar-refractivity contribution is 7.89. The van der Waals surface area contributed by atoms with Crippen LogP contribution >= 0.6 is 0 Å². The SMILES string of the molecule is COc1ccc(C(=O)[C@@H](C)OC(=O)c2ccc(OC)c(S(=O)(=O)N(C)C)c2)cc1. The van der Waals surface area contributed by atoms with Gasteiger partial charge in [-0.05, 0) is 49.4 Å². The lowest BCUT2D eigenvalue weighted by molar-refractivity contribution is 0.0318. The number of Topliss-reactive ketones (excluding diaryl/α,β-unsaturated/α-hetero) is 1. The summed E-state index contributed by atoms with van der Waals surface area (Å²) in [4.78, 5) is 24.8. The van der Waals surface area contributed by atoms with E-state index >= 15 is 0 Å². The second-order valence-electron chi connectivity index (χ2n) is 6.29. The molecule has 0 fully saturated rings. The summed E-state index contributed by atoms with van der Waals surface area (Å²) in [7, 11) is 1.74. The normalized spacial score (nSPS) is 12.3. The number of rotatable bonds is 8. The largest absolute Gasteiger partial charge is 0.497 e. The number of ketones is 1. The molecule has 0 N–H and O–H groups in total. The van der Waals surface area contributed by atoms with E-state index in [0.717, 1.165) is 4.31 Å². The van der Waals surface area contributed by atoms with Gasteiger partial charge in [0.25, 0.3) is 0 Å². The van der Waals surface area contributed by atoms with E-state index in [4.69, 9.17) is 14.2 Å². The van der Waals surface area contributed by atoms with Gasteiger partial charge >= 0.3 is 5.97 Å². The van der Waals surface area contributed by atoms with Crippen molar-refractivity contribution in [2.75, 3.05) is 28.3 Å². The highest BCUT2D eigenvalue weighted by Crippen LogP contribution is 2.27. The summed E-state index contributed by atoms with van der Waals surface area (Å²) in [6, 6.07) is 10.3. The van der Waals surface area contributed by atoms with Crippen molar-refractivity contribution in [1.82, 2.24) is 4.31 Å². The lowest BCUT2D eigenvalue weighted by Gasteiger charge is -2.16. The molecular weight excluding hydrogens is 398 g/mol. The lowest BCUT2D eigenvalue weighted by atomic mass is 10.1. The quantitative estimate of drug-likeness (QED) is 0.477. The summed E-state index contributed by atoms with van der Waals surface area (Å²) < 4.78 is 41.4. The Kier molecular flexibility index (Phi) is 6.99. The van der Waals surface area contributed by atoms with Crippen LogP contribution in [0.15, 0.2) is 47.4 Å². The minimum atomic E-state index is -3.85. The Morgan fingerprint density at radius 1 is 0.931 bits per heavy atom. The first-order valence-electron chi connectivity index (χ1n) is 8.61. The molecule has 2 aromatic rings. The number of benzene rings is 2. The Balaban J connectivity index is 2.24. The van der Waals surface area contributed by atoms with E-state index in [0.29, 0.717) is 11.3 Å². The fourth-order valence-electron chi connectivity index (χ4n) is 2.47. The number of carbonyl (C=O) groups excluding carboxylic acids is 2. The number of hydrogen-bond donors (Lipinski definition) is 0. The fourth-order valence-corrected chi connectivity index (χ4v) is 3.55. The molecule has 29 heavy (non-hydrogen) atoms. The molecule has 2 rings (SSSR count). The van der Waals surface area contributed by atoms with Crippen LogP contribution in [0.5, 0.6) is 11.5 Å². The Labute approximate surface area is 170 Å². The number of carbonyl (C=O) groups is 2. The maximum Gasteiger partial charge on any atom is 0.338 e. The zero-order valence-corrected chi connectivity index (χ0v) is 17.6. The van der Waals surface area contributed by atoms with Gasteiger partial charge in [-0.3, -0.25) is 4.79 Å². The third-order valence-corrected chi connectivity index (χ3v) is 6.02. The summed E-state index contributed by atoms with van der Waals surface area (Å²) in [5, 5.41) is 0. The second kappa shape index (κ2) is 9.06. The molecule has 0 bridgehead atoms. The molecule has 1 atom stereocenters. The molecule has 0 radical (unpaired) electrons. The van der Waals surface area contributed by atoms with Crippen LogP contribution in [0.4, 0.5) is 0 Å². The Hall–Kier alpha value is -2.91. The van der Waals surface area contributed by atoms with Gasteiger partial charge in [-0.15, -0.1) is 0 Å². The van der Waals surface area contributed by atoms with Crippen LogP contribution in [0.2, 0.25) is 0 Å². The van der Waals surface area contributed by atoms with Crippen molar-refractivity contribution < 1.29 is 32.2 Å². The molecule has 2 aromatic carbocycles. The Morgan fingerprint density at radius 3 is 2.03 bits per heavy atom. The molecule has 0 aromatic heterocycles. The van der Waals surface area contributed by atoms with Crippen molar-refractivity contribution in [2.45, 2.75) is 17.9 Å². The van der Waals surface area contributed by atoms with Crippen LogP contribution in [-0.2, 0) is 14.8 Å². The molecule has 0 spiro atoms. The summed E-state index contributed by atoms with van der Waals surface area (Å²) in [6.07, 6.45) is -1.06. The van der Waals surface area contributed by atoms with E-state index in [1.807, 2.05) is 0 Å². The first kappa shape index (κ1) is 22.4. The van der Waals surface area contributed by atoms with Crippen LogP contribution in [0.1, 0.15) is 27.6 Å². The van der Waals surface area contributed by atoms with Gasteiger partial charge in [0.15, 0.2) is 6.10 Å². The first-order chi connectivity index (χ1) is 13.6. The fraction of sp³-hybridized carbons (Fsp3) is 0.300. The van der Waals surface area contributed by atoms with Gasteiger partial charge in [0.05, 0.1) is 19.8 Å². The standard InChI is InChI=1S/C20H23NO7S/c1-13(19(22)14-6-9-16(26-4)10-7-14)28-20(23)15-8-11-17(27-5)18(12-15)29(24,25)21(2)3/h6-13H,1-5H3/t13-/m1/s1. The van der Waals surface area contributed by atoms with E-state index in [2.05, 4.69) is 0 Å². The van der Waals surface area contributed by atoms with Crippen molar-refractivity contribution in [2.24, 2.45) is 0 Å². The van der Waals surface area contributed by atoms with Crippen molar-refractivity contribution in [3.05, 3.63) is 53.6 Å². The summed E-state index contributed by atoms with van der Waals surface area (Å²) >= 11 is 0. The number of sulfonamides is 1. The van der Waals surface area contributed by atoms with Crippen molar-refractivity contribution in [1.29, 1.82) is 0 Å². The smallest absolute Gasteiger partial charge is 0.338 e. The zero-order valence-electron chi connectivity index (χ0n) is 16.8. The van der Waals surface area contributed by atoms with Gasteiger partial charge < -0.3 is 14.2 Å². The number of esters is 1. The molecule has 0 saturated carbocycles. The number of methoxy groups -OCH3 is 2. The maximum atomic E-state index is 12.5. The average molecular weight is 421 g/mol. The molecular formula is C20H23NO7S. The van der Waals surface area contributed by atoms with Gasteiger partial charge in [0.2, 0.25) is 15.8 Å². The van der Waals surface area contributed by atoms with Gasteiger partial charge in [0.1, 0.15) is 16.4 Å². The van der Waals surface area contributed by atoms with Gasteiger partial charge in [-0.25, -0.2) is 17.5 Å². The molecule has 0 saturated heterocycles. The van der Waals surface area contributed by atoms with Crippen molar-refractivity contribution >= 4 is 21.8 Å². The van der Waals surface area contributed by atoms with Crippen molar-refractivity contribution in [3.8, 4) is 11.5 Å². The molecule has 0 heterocycles. The van der Waals surface area contributed by atoms with Crippen LogP contribution in [0.3, 0.4) is 0 Å². The minimum absolute atomic E-state index is 0.0133. The molecule has 8 nitrogen and oxygen atoms in total. The lowest BCUT2D eigenvalue weighted by Crippen LogP contribution is -2.25. The predicted octanol–water partition coefficient (Wildman–Crippen LogP) is 2.38. The van der Waals surface area contributed by atoms with Gasteiger partial charge in [-0.1, -0.05) is 0 Å². The summed E-state index contributed by atoms with van der Waals surface area (Å²) in [5.74, 6) is -0.524. The highest BCUT2D eigenvalue weighted by atomic mass is 32.2. The van der Waals surface area contributed by atoms with E-state index in [1.54, 1.807) is 24.3 Å². The number of hydrogen-bond acceptors (Lipinski definition) is 7. The van der Waals surface area contributed by atoms with E-state index in [1.165, 1.54) is 53.4 Å². The molecule has 0 aliphatic rings. The molecule has 0 unspecified atom stereocenters. The predicted molar refractivity (Wildman–Crippen MR) is 106 cm³/mol. The number of nitrogens with zero attached hydrogens (tertiary/aromatic N) is 1. The third-order valence-electron chi connectivity index (χ3n) is 4.19. The average Bonchev–Trinajstić information content (AvgIpc) is 2.72. The summed E-state index contributed by atoms with van der Waals surface area (Å²) in [6.45, 7) is 1.45. The topological polar surface area (TPSA) is 99.2 Å². The second-order valence-corrected chi connectivity index (χ2v) is 8.41. The summed E-state index contributed by atoms with van der Waals surface area (Å²) in [5.41, 5.74) is 0.345. The molecule has 0 amide bonds. The highest BCUT2D eigenvalue weighted by Gasteiger charge is 2.26. The van der Waals surface area contributed by atoms with Crippen LogP contribution in [0.25, 0.3) is 0 Å².